The van der Waals surface area contributed by atoms with Crippen molar-refractivity contribution in [1.29, 1.82) is 0 Å². The van der Waals surface area contributed by atoms with Gasteiger partial charge in [0.25, 0.3) is 5.91 Å². The SMILES string of the molecule is Cc1nc(-c2cccc(F)c2)sc1C(=O)Nc1nnc(Cc2ccccc2)s1. The number of anilines is 1. The maximum absolute atomic E-state index is 13.4. The highest BCUT2D eigenvalue weighted by atomic mass is 32.1. The lowest BCUT2D eigenvalue weighted by molar-refractivity contribution is 0.102. The summed E-state index contributed by atoms with van der Waals surface area (Å²) < 4.78 is 13.4. The fourth-order valence-corrected chi connectivity index (χ4v) is 4.38. The molecule has 4 aromatic rings. The molecule has 0 saturated heterocycles. The van der Waals surface area contributed by atoms with E-state index in [-0.39, 0.29) is 11.7 Å². The molecule has 0 aliphatic rings. The molecule has 1 amide bonds. The third-order valence-electron chi connectivity index (χ3n) is 3.96. The van der Waals surface area contributed by atoms with E-state index in [0.717, 1.165) is 10.6 Å². The highest BCUT2D eigenvalue weighted by molar-refractivity contribution is 7.17. The van der Waals surface area contributed by atoms with Gasteiger partial charge in [0.2, 0.25) is 5.13 Å². The lowest BCUT2D eigenvalue weighted by atomic mass is 10.2. The standard InChI is InChI=1S/C20H15FN4OS2/c1-12-17(28-19(22-12)14-8-5-9-15(21)11-14)18(26)23-20-25-24-16(27-20)10-13-6-3-2-4-7-13/h2-9,11H,10H2,1H3,(H,23,25,26). The molecule has 0 fully saturated rings. The van der Waals surface area contributed by atoms with Crippen LogP contribution in [0.3, 0.4) is 0 Å². The Morgan fingerprint density at radius 1 is 1.07 bits per heavy atom. The van der Waals surface area contributed by atoms with Gasteiger partial charge < -0.3 is 0 Å². The van der Waals surface area contributed by atoms with Gasteiger partial charge >= 0.3 is 0 Å². The van der Waals surface area contributed by atoms with Crippen LogP contribution < -0.4 is 5.32 Å². The molecule has 8 heteroatoms. The van der Waals surface area contributed by atoms with Crippen molar-refractivity contribution in [2.45, 2.75) is 13.3 Å². The molecule has 1 N–H and O–H groups in total. The molecule has 140 valence electrons. The van der Waals surface area contributed by atoms with Crippen molar-refractivity contribution >= 4 is 33.7 Å². The van der Waals surface area contributed by atoms with Crippen molar-refractivity contribution in [2.24, 2.45) is 0 Å². The first-order chi connectivity index (χ1) is 13.6. The Morgan fingerprint density at radius 3 is 2.68 bits per heavy atom. The molecule has 0 atom stereocenters. The molecule has 0 aliphatic carbocycles. The summed E-state index contributed by atoms with van der Waals surface area (Å²) in [6, 6.07) is 16.1. The lowest BCUT2D eigenvalue weighted by Gasteiger charge is -1.98. The summed E-state index contributed by atoms with van der Waals surface area (Å²) in [6.45, 7) is 1.76. The summed E-state index contributed by atoms with van der Waals surface area (Å²) in [6.07, 6.45) is 0.664. The quantitative estimate of drug-likeness (QED) is 0.505. The average molecular weight is 410 g/mol. The fraction of sp³-hybridized carbons (Fsp3) is 0.100. The number of carbonyl (C=O) groups is 1. The first-order valence-corrected chi connectivity index (χ1v) is 10.1. The molecule has 2 aromatic heterocycles. The van der Waals surface area contributed by atoms with Crippen LogP contribution in [0.5, 0.6) is 0 Å². The third kappa shape index (κ3) is 4.13. The minimum absolute atomic E-state index is 0.292. The number of nitrogens with one attached hydrogen (secondary N) is 1. The Morgan fingerprint density at radius 2 is 1.89 bits per heavy atom. The van der Waals surface area contributed by atoms with Gasteiger partial charge in [0.05, 0.1) is 5.69 Å². The van der Waals surface area contributed by atoms with Gasteiger partial charge in [0.1, 0.15) is 20.7 Å². The number of nitrogens with zero attached hydrogens (tertiary/aromatic N) is 3. The van der Waals surface area contributed by atoms with Gasteiger partial charge in [-0.25, -0.2) is 9.37 Å². The molecule has 0 bridgehead atoms. The van der Waals surface area contributed by atoms with E-state index in [4.69, 9.17) is 0 Å². The van der Waals surface area contributed by atoms with E-state index in [2.05, 4.69) is 20.5 Å². The summed E-state index contributed by atoms with van der Waals surface area (Å²) in [7, 11) is 0. The maximum Gasteiger partial charge on any atom is 0.269 e. The van der Waals surface area contributed by atoms with E-state index in [1.165, 1.54) is 34.8 Å². The lowest BCUT2D eigenvalue weighted by Crippen LogP contribution is -2.11. The highest BCUT2D eigenvalue weighted by Gasteiger charge is 2.18. The number of hydrogen-bond acceptors (Lipinski definition) is 6. The van der Waals surface area contributed by atoms with E-state index >= 15 is 0 Å². The molecule has 4 rings (SSSR count). The van der Waals surface area contributed by atoms with E-state index in [1.54, 1.807) is 19.1 Å². The summed E-state index contributed by atoms with van der Waals surface area (Å²) in [4.78, 5) is 17.5. The number of rotatable bonds is 5. The van der Waals surface area contributed by atoms with E-state index in [0.29, 0.717) is 32.7 Å². The monoisotopic (exact) mass is 410 g/mol. The van der Waals surface area contributed by atoms with Crippen LogP contribution in [0.15, 0.2) is 54.6 Å². The van der Waals surface area contributed by atoms with Crippen LogP contribution in [0, 0.1) is 12.7 Å². The largest absolute Gasteiger partial charge is 0.296 e. The number of benzene rings is 2. The van der Waals surface area contributed by atoms with Gasteiger partial charge in [-0.3, -0.25) is 10.1 Å². The van der Waals surface area contributed by atoms with Crippen molar-refractivity contribution in [3.63, 3.8) is 0 Å². The summed E-state index contributed by atoms with van der Waals surface area (Å²) >= 11 is 2.57. The van der Waals surface area contributed by atoms with Gasteiger partial charge in [-0.2, -0.15) is 0 Å². The molecule has 0 saturated carbocycles. The summed E-state index contributed by atoms with van der Waals surface area (Å²) in [5.41, 5.74) is 2.37. The second-order valence-corrected chi connectivity index (χ2v) is 8.12. The molecule has 5 nitrogen and oxygen atoms in total. The number of amides is 1. The predicted molar refractivity (Wildman–Crippen MR) is 109 cm³/mol. The Balaban J connectivity index is 1.48. The minimum atomic E-state index is -0.337. The van der Waals surface area contributed by atoms with Crippen LogP contribution in [0.25, 0.3) is 10.6 Å². The number of carbonyl (C=O) groups excluding carboxylic acids is 1. The van der Waals surface area contributed by atoms with Gasteiger partial charge in [-0.1, -0.05) is 53.8 Å². The number of thiazole rings is 1. The molecule has 0 aliphatic heterocycles. The Bertz CT molecular complexity index is 1120. The molecular formula is C20H15FN4OS2. The van der Waals surface area contributed by atoms with Crippen molar-refractivity contribution in [3.8, 4) is 10.6 Å². The van der Waals surface area contributed by atoms with Gasteiger partial charge in [0, 0.05) is 12.0 Å². The van der Waals surface area contributed by atoms with Crippen molar-refractivity contribution in [3.05, 3.63) is 81.6 Å². The fourth-order valence-electron chi connectivity index (χ4n) is 2.65. The maximum atomic E-state index is 13.4. The molecular weight excluding hydrogens is 395 g/mol. The second-order valence-electron chi connectivity index (χ2n) is 6.06. The molecule has 2 aromatic carbocycles. The number of halogens is 1. The van der Waals surface area contributed by atoms with Crippen LogP contribution in [-0.2, 0) is 6.42 Å². The Hall–Kier alpha value is -2.97. The van der Waals surface area contributed by atoms with Gasteiger partial charge in [-0.15, -0.1) is 21.5 Å². The van der Waals surface area contributed by atoms with Crippen LogP contribution in [-0.4, -0.2) is 21.1 Å². The third-order valence-corrected chi connectivity index (χ3v) is 6.00. The molecule has 28 heavy (non-hydrogen) atoms. The zero-order chi connectivity index (χ0) is 19.5. The molecule has 2 heterocycles. The van der Waals surface area contributed by atoms with Crippen molar-refractivity contribution in [2.75, 3.05) is 5.32 Å². The first kappa shape index (κ1) is 18.4. The Labute approximate surface area is 168 Å². The zero-order valence-electron chi connectivity index (χ0n) is 14.8. The number of aryl methyl sites for hydroxylation is 1. The molecule has 0 radical (unpaired) electrons. The molecule has 0 unspecified atom stereocenters. The van der Waals surface area contributed by atoms with Crippen molar-refractivity contribution in [1.82, 2.24) is 15.2 Å². The van der Waals surface area contributed by atoms with Crippen LogP contribution in [0.4, 0.5) is 9.52 Å². The molecule has 0 spiro atoms. The summed E-state index contributed by atoms with van der Waals surface area (Å²) in [5, 5.41) is 12.8. The van der Waals surface area contributed by atoms with Gasteiger partial charge in [-0.05, 0) is 24.6 Å². The number of aromatic nitrogens is 3. The highest BCUT2D eigenvalue weighted by Crippen LogP contribution is 2.29. The zero-order valence-corrected chi connectivity index (χ0v) is 16.5. The Kier molecular flexibility index (Phi) is 5.23. The normalized spacial score (nSPS) is 10.8. The van der Waals surface area contributed by atoms with Gasteiger partial charge in [0.15, 0.2) is 0 Å². The van der Waals surface area contributed by atoms with Crippen molar-refractivity contribution < 1.29 is 9.18 Å². The van der Waals surface area contributed by atoms with Crippen LogP contribution in [0.1, 0.15) is 25.9 Å². The van der Waals surface area contributed by atoms with Crippen LogP contribution >= 0.6 is 22.7 Å². The summed E-state index contributed by atoms with van der Waals surface area (Å²) in [5.74, 6) is -0.628. The smallest absolute Gasteiger partial charge is 0.269 e. The number of hydrogen-bond donors (Lipinski definition) is 1. The first-order valence-electron chi connectivity index (χ1n) is 8.49. The van der Waals surface area contributed by atoms with Crippen LogP contribution in [0.2, 0.25) is 0 Å². The average Bonchev–Trinajstić information content (AvgIpc) is 3.29. The minimum Gasteiger partial charge on any atom is -0.296 e. The van der Waals surface area contributed by atoms with E-state index < -0.39 is 0 Å². The predicted octanol–water partition coefficient (Wildman–Crippen LogP) is 4.95. The van der Waals surface area contributed by atoms with E-state index in [9.17, 15) is 9.18 Å². The topological polar surface area (TPSA) is 67.8 Å². The van der Waals surface area contributed by atoms with E-state index in [1.807, 2.05) is 30.3 Å². The second kappa shape index (κ2) is 7.95.